The van der Waals surface area contributed by atoms with Crippen LogP contribution in [0.25, 0.3) is 21.3 Å². The number of thioether (sulfide) groups is 1. The van der Waals surface area contributed by atoms with E-state index >= 15 is 0 Å². The molecular formula is C19H18N4O3S2. The first kappa shape index (κ1) is 18.7. The van der Waals surface area contributed by atoms with Gasteiger partial charge in [0.1, 0.15) is 15.5 Å². The molecule has 0 amide bonds. The van der Waals surface area contributed by atoms with E-state index in [0.717, 1.165) is 16.2 Å². The number of hydrogen-bond acceptors (Lipinski definition) is 7. The van der Waals surface area contributed by atoms with Gasteiger partial charge in [-0.2, -0.15) is 0 Å². The van der Waals surface area contributed by atoms with Gasteiger partial charge < -0.3 is 14.7 Å². The molecule has 0 aliphatic heterocycles. The number of aromatic amines is 2. The number of H-pyrrole nitrogens is 2. The number of imidazole rings is 1. The zero-order chi connectivity index (χ0) is 19.8. The molecule has 2 N–H and O–H groups in total. The molecule has 4 aromatic rings. The van der Waals surface area contributed by atoms with E-state index in [1.807, 2.05) is 31.2 Å². The number of carbonyl (C=O) groups is 1. The van der Waals surface area contributed by atoms with Gasteiger partial charge in [-0.05, 0) is 38.5 Å². The number of esters is 1. The number of aryl methyl sites for hydroxylation is 1. The standard InChI is InChI=1S/C19H18N4O3S2/c1-4-26-18(25)14-9(2)13-16(24)22-15(23-17(13)28-14)10(3)27-19-20-11-7-5-6-8-12(11)21-19/h5-8,10H,4H2,1-3H3,(H,20,21)(H,22,23,24). The van der Waals surface area contributed by atoms with E-state index < -0.39 is 5.97 Å². The lowest BCUT2D eigenvalue weighted by Crippen LogP contribution is -2.13. The SMILES string of the molecule is CCOC(=O)c1sc2nc(C(C)Sc3nc4ccccc4[nH]3)[nH]c(=O)c2c1C. The van der Waals surface area contributed by atoms with Crippen LogP contribution >= 0.6 is 23.1 Å². The van der Waals surface area contributed by atoms with Crippen LogP contribution in [0, 0.1) is 6.92 Å². The average molecular weight is 415 g/mol. The summed E-state index contributed by atoms with van der Waals surface area (Å²) in [7, 11) is 0. The molecule has 28 heavy (non-hydrogen) atoms. The van der Waals surface area contributed by atoms with Crippen LogP contribution in [0.4, 0.5) is 0 Å². The van der Waals surface area contributed by atoms with Crippen molar-refractivity contribution in [3.8, 4) is 0 Å². The maximum atomic E-state index is 12.6. The number of nitrogens with zero attached hydrogens (tertiary/aromatic N) is 2. The Morgan fingerprint density at radius 2 is 2.07 bits per heavy atom. The fraction of sp³-hybridized carbons (Fsp3) is 0.263. The molecule has 0 radical (unpaired) electrons. The summed E-state index contributed by atoms with van der Waals surface area (Å²) in [4.78, 5) is 41.0. The van der Waals surface area contributed by atoms with Gasteiger partial charge in [0.2, 0.25) is 0 Å². The minimum atomic E-state index is -0.423. The van der Waals surface area contributed by atoms with Crippen LogP contribution in [0.5, 0.6) is 0 Å². The summed E-state index contributed by atoms with van der Waals surface area (Å²) in [5.41, 5.74) is 2.21. The number of nitrogens with one attached hydrogen (secondary N) is 2. The quantitative estimate of drug-likeness (QED) is 0.375. The molecule has 7 nitrogen and oxygen atoms in total. The van der Waals surface area contributed by atoms with Crippen molar-refractivity contribution in [3.05, 3.63) is 50.9 Å². The van der Waals surface area contributed by atoms with Crippen molar-refractivity contribution in [2.75, 3.05) is 6.61 Å². The van der Waals surface area contributed by atoms with Crippen LogP contribution in [0.15, 0.2) is 34.2 Å². The fourth-order valence-electron chi connectivity index (χ4n) is 2.95. The molecule has 9 heteroatoms. The van der Waals surface area contributed by atoms with Crippen LogP contribution < -0.4 is 5.56 Å². The first-order valence-electron chi connectivity index (χ1n) is 8.79. The first-order valence-corrected chi connectivity index (χ1v) is 10.5. The number of para-hydroxylation sites is 2. The summed E-state index contributed by atoms with van der Waals surface area (Å²) in [5, 5.41) is 1.06. The normalized spacial score (nSPS) is 12.5. The summed E-state index contributed by atoms with van der Waals surface area (Å²) in [6.45, 7) is 5.73. The van der Waals surface area contributed by atoms with Gasteiger partial charge in [0, 0.05) is 0 Å². The van der Waals surface area contributed by atoms with Gasteiger partial charge >= 0.3 is 5.97 Å². The van der Waals surface area contributed by atoms with Crippen molar-refractivity contribution in [3.63, 3.8) is 0 Å². The molecule has 1 atom stereocenters. The number of fused-ring (bicyclic) bond motifs is 2. The number of aromatic nitrogens is 4. The Balaban J connectivity index is 1.68. The van der Waals surface area contributed by atoms with E-state index in [1.165, 1.54) is 23.1 Å². The number of carbonyl (C=O) groups excluding carboxylic acids is 1. The third kappa shape index (κ3) is 3.31. The van der Waals surface area contributed by atoms with Crippen molar-refractivity contribution in [1.29, 1.82) is 0 Å². The van der Waals surface area contributed by atoms with Crippen LogP contribution in [-0.2, 0) is 4.74 Å². The fourth-order valence-corrected chi connectivity index (χ4v) is 4.91. The van der Waals surface area contributed by atoms with Crippen LogP contribution in [0.3, 0.4) is 0 Å². The summed E-state index contributed by atoms with van der Waals surface area (Å²) >= 11 is 2.67. The van der Waals surface area contributed by atoms with E-state index in [4.69, 9.17) is 4.74 Å². The van der Waals surface area contributed by atoms with Crippen molar-refractivity contribution < 1.29 is 9.53 Å². The van der Waals surface area contributed by atoms with Crippen LogP contribution in [0.2, 0.25) is 0 Å². The van der Waals surface area contributed by atoms with Gasteiger partial charge in [-0.25, -0.2) is 14.8 Å². The van der Waals surface area contributed by atoms with Gasteiger partial charge in [-0.1, -0.05) is 23.9 Å². The zero-order valence-corrected chi connectivity index (χ0v) is 17.2. The van der Waals surface area contributed by atoms with Gasteiger partial charge in [-0.15, -0.1) is 11.3 Å². The Labute approximate surface area is 168 Å². The second-order valence-corrected chi connectivity index (χ2v) is 8.56. The minimum Gasteiger partial charge on any atom is -0.462 e. The third-order valence-electron chi connectivity index (χ3n) is 4.32. The van der Waals surface area contributed by atoms with Gasteiger partial charge in [0.15, 0.2) is 5.16 Å². The highest BCUT2D eigenvalue weighted by molar-refractivity contribution is 7.99. The van der Waals surface area contributed by atoms with Crippen molar-refractivity contribution >= 4 is 50.3 Å². The molecule has 0 fully saturated rings. The predicted octanol–water partition coefficient (Wildman–Crippen LogP) is 4.20. The monoisotopic (exact) mass is 414 g/mol. The lowest BCUT2D eigenvalue weighted by atomic mass is 10.2. The topological polar surface area (TPSA) is 101 Å². The highest BCUT2D eigenvalue weighted by Gasteiger charge is 2.22. The highest BCUT2D eigenvalue weighted by atomic mass is 32.2. The van der Waals surface area contributed by atoms with Gasteiger partial charge in [-0.3, -0.25) is 4.79 Å². The van der Waals surface area contributed by atoms with E-state index in [9.17, 15) is 9.59 Å². The molecule has 0 saturated heterocycles. The second-order valence-electron chi connectivity index (χ2n) is 6.23. The highest BCUT2D eigenvalue weighted by Crippen LogP contribution is 2.34. The Bertz CT molecular complexity index is 1210. The molecular weight excluding hydrogens is 396 g/mol. The largest absolute Gasteiger partial charge is 0.462 e. The molecule has 3 heterocycles. The molecule has 0 aliphatic rings. The molecule has 144 valence electrons. The summed E-state index contributed by atoms with van der Waals surface area (Å²) in [5.74, 6) is 0.119. The Morgan fingerprint density at radius 1 is 1.29 bits per heavy atom. The maximum absolute atomic E-state index is 12.6. The Kier molecular flexibility index (Phi) is 4.94. The van der Waals surface area contributed by atoms with Crippen molar-refractivity contribution in [2.24, 2.45) is 0 Å². The molecule has 0 aliphatic carbocycles. The Morgan fingerprint density at radius 3 is 2.82 bits per heavy atom. The summed E-state index contributed by atoms with van der Waals surface area (Å²) in [6.07, 6.45) is 0. The number of hydrogen-bond donors (Lipinski definition) is 2. The molecule has 1 aromatic carbocycles. The molecule has 4 rings (SSSR count). The molecule has 0 spiro atoms. The molecule has 1 unspecified atom stereocenters. The molecule has 0 bridgehead atoms. The third-order valence-corrected chi connectivity index (χ3v) is 6.48. The van der Waals surface area contributed by atoms with Crippen molar-refractivity contribution in [2.45, 2.75) is 31.2 Å². The Hall–Kier alpha value is -2.65. The zero-order valence-electron chi connectivity index (χ0n) is 15.5. The number of ether oxygens (including phenoxy) is 1. The summed E-state index contributed by atoms with van der Waals surface area (Å²) < 4.78 is 5.08. The molecule has 0 saturated carbocycles. The number of rotatable bonds is 5. The average Bonchev–Trinajstić information content (AvgIpc) is 3.22. The second kappa shape index (κ2) is 7.40. The lowest BCUT2D eigenvalue weighted by Gasteiger charge is -2.08. The van der Waals surface area contributed by atoms with E-state index in [2.05, 4.69) is 19.9 Å². The summed E-state index contributed by atoms with van der Waals surface area (Å²) in [6, 6.07) is 7.80. The molecule has 3 aromatic heterocycles. The number of benzene rings is 1. The van der Waals surface area contributed by atoms with Gasteiger partial charge in [0.05, 0.1) is 28.3 Å². The van der Waals surface area contributed by atoms with E-state index in [1.54, 1.807) is 13.8 Å². The van der Waals surface area contributed by atoms with E-state index in [0.29, 0.717) is 26.5 Å². The van der Waals surface area contributed by atoms with Crippen LogP contribution in [0.1, 0.15) is 40.2 Å². The number of thiophene rings is 1. The van der Waals surface area contributed by atoms with E-state index in [-0.39, 0.29) is 17.4 Å². The van der Waals surface area contributed by atoms with Crippen molar-refractivity contribution in [1.82, 2.24) is 19.9 Å². The minimum absolute atomic E-state index is 0.133. The predicted molar refractivity (Wildman–Crippen MR) is 111 cm³/mol. The smallest absolute Gasteiger partial charge is 0.348 e. The lowest BCUT2D eigenvalue weighted by molar-refractivity contribution is 0.0531. The van der Waals surface area contributed by atoms with Crippen LogP contribution in [-0.4, -0.2) is 32.5 Å². The van der Waals surface area contributed by atoms with Gasteiger partial charge in [0.25, 0.3) is 5.56 Å². The maximum Gasteiger partial charge on any atom is 0.348 e. The first-order chi connectivity index (χ1) is 13.5.